The summed E-state index contributed by atoms with van der Waals surface area (Å²) in [4.78, 5) is 39.4. The van der Waals surface area contributed by atoms with E-state index in [1.54, 1.807) is 75.4 Å². The standard InChI is InChI=1S/C27H34N2O9S2/c1-27(2,3)38-24(30)19-39(33,34)18-22(28-40(35,36)17-21-12-8-5-9-13-21)25(31)29-15-14-23(29)26(32)37-16-20-10-6-4-7-11-20/h4-13,22-23,28H,14-19H2,1-3H3. The molecule has 1 saturated heterocycles. The molecule has 2 atom stereocenters. The summed E-state index contributed by atoms with van der Waals surface area (Å²) in [6.07, 6.45) is 0.271. The Hall–Kier alpha value is -3.29. The highest BCUT2D eigenvalue weighted by Crippen LogP contribution is 2.22. The third-order valence-electron chi connectivity index (χ3n) is 5.80. The van der Waals surface area contributed by atoms with Gasteiger partial charge in [0.05, 0.1) is 11.5 Å². The molecule has 2 aromatic carbocycles. The van der Waals surface area contributed by atoms with Crippen LogP contribution < -0.4 is 4.72 Å². The fraction of sp³-hybridized carbons (Fsp3) is 0.444. The lowest BCUT2D eigenvalue weighted by molar-refractivity contribution is -0.163. The summed E-state index contributed by atoms with van der Waals surface area (Å²) in [5, 5.41) is 0. The number of rotatable bonds is 12. The van der Waals surface area contributed by atoms with Crippen molar-refractivity contribution >= 4 is 37.7 Å². The summed E-state index contributed by atoms with van der Waals surface area (Å²) in [6.45, 7) is 4.80. The van der Waals surface area contributed by atoms with Crippen LogP contribution in [0.15, 0.2) is 60.7 Å². The maximum absolute atomic E-state index is 13.4. The number of carbonyl (C=O) groups excluding carboxylic acids is 3. The van der Waals surface area contributed by atoms with Crippen molar-refractivity contribution in [3.63, 3.8) is 0 Å². The van der Waals surface area contributed by atoms with E-state index in [0.29, 0.717) is 5.56 Å². The molecule has 0 radical (unpaired) electrons. The number of benzene rings is 2. The highest BCUT2D eigenvalue weighted by molar-refractivity contribution is 7.92. The number of carbonyl (C=O) groups is 3. The van der Waals surface area contributed by atoms with Crippen molar-refractivity contribution in [2.75, 3.05) is 18.1 Å². The molecular formula is C27H34N2O9S2. The van der Waals surface area contributed by atoms with Gasteiger partial charge >= 0.3 is 11.9 Å². The molecule has 0 saturated carbocycles. The average Bonchev–Trinajstić information content (AvgIpc) is 2.80. The van der Waals surface area contributed by atoms with Crippen molar-refractivity contribution in [2.24, 2.45) is 0 Å². The number of amides is 1. The first-order valence-electron chi connectivity index (χ1n) is 12.6. The number of hydrogen-bond acceptors (Lipinski definition) is 9. The lowest BCUT2D eigenvalue weighted by Crippen LogP contribution is -2.62. The second-order valence-electron chi connectivity index (χ2n) is 10.5. The van der Waals surface area contributed by atoms with E-state index in [1.165, 1.54) is 0 Å². The molecule has 0 spiro atoms. The van der Waals surface area contributed by atoms with E-state index < -0.39 is 72.6 Å². The molecule has 40 heavy (non-hydrogen) atoms. The molecule has 1 fully saturated rings. The van der Waals surface area contributed by atoms with Crippen molar-refractivity contribution in [3.8, 4) is 0 Å². The molecule has 1 N–H and O–H groups in total. The summed E-state index contributed by atoms with van der Waals surface area (Å²) in [5.74, 6) is -5.18. The summed E-state index contributed by atoms with van der Waals surface area (Å²) in [5.41, 5.74) is 0.223. The van der Waals surface area contributed by atoms with Crippen LogP contribution in [0.2, 0.25) is 0 Å². The molecular weight excluding hydrogens is 560 g/mol. The summed E-state index contributed by atoms with van der Waals surface area (Å²) in [7, 11) is -8.51. The SMILES string of the molecule is CC(C)(C)OC(=O)CS(=O)(=O)CC(NS(=O)(=O)Cc1ccccc1)C(=O)N1CCC1C(=O)OCc1ccccc1. The molecule has 11 nitrogen and oxygen atoms in total. The Kier molecular flexibility index (Phi) is 10.1. The van der Waals surface area contributed by atoms with Crippen LogP contribution in [-0.2, 0) is 56.1 Å². The smallest absolute Gasteiger partial charge is 0.329 e. The lowest BCUT2D eigenvalue weighted by atomic mass is 10.0. The molecule has 0 aromatic heterocycles. The Morgan fingerprint density at radius 2 is 1.52 bits per heavy atom. The van der Waals surface area contributed by atoms with Crippen LogP contribution in [0.5, 0.6) is 0 Å². The molecule has 1 aliphatic rings. The van der Waals surface area contributed by atoms with Crippen LogP contribution in [0.25, 0.3) is 0 Å². The van der Waals surface area contributed by atoms with Crippen molar-refractivity contribution in [2.45, 2.75) is 57.2 Å². The Bertz CT molecular complexity index is 1400. The first kappa shape index (κ1) is 31.2. The Morgan fingerprint density at radius 3 is 2.05 bits per heavy atom. The fourth-order valence-corrected chi connectivity index (χ4v) is 6.70. The van der Waals surface area contributed by atoms with Gasteiger partial charge in [0.2, 0.25) is 15.9 Å². The van der Waals surface area contributed by atoms with Crippen molar-refractivity contribution < 1.29 is 40.7 Å². The summed E-state index contributed by atoms with van der Waals surface area (Å²) >= 11 is 0. The number of nitrogens with zero attached hydrogens (tertiary/aromatic N) is 1. The van der Waals surface area contributed by atoms with Crippen molar-refractivity contribution in [3.05, 3.63) is 71.8 Å². The quantitative estimate of drug-likeness (QED) is 0.361. The number of likely N-dealkylation sites (tertiary alicyclic amines) is 1. The highest BCUT2D eigenvalue weighted by atomic mass is 32.2. The van der Waals surface area contributed by atoms with Crippen LogP contribution in [0.4, 0.5) is 0 Å². The van der Waals surface area contributed by atoms with Gasteiger partial charge in [0.25, 0.3) is 0 Å². The van der Waals surface area contributed by atoms with Gasteiger partial charge in [-0.15, -0.1) is 0 Å². The number of nitrogens with one attached hydrogen (secondary N) is 1. The Labute approximate surface area is 234 Å². The van der Waals surface area contributed by atoms with E-state index in [1.807, 2.05) is 6.07 Å². The van der Waals surface area contributed by atoms with Crippen molar-refractivity contribution in [1.82, 2.24) is 9.62 Å². The minimum absolute atomic E-state index is 0.0182. The summed E-state index contributed by atoms with van der Waals surface area (Å²) in [6, 6.07) is 14.3. The van der Waals surface area contributed by atoms with Gasteiger partial charge < -0.3 is 14.4 Å². The van der Waals surface area contributed by atoms with Crippen LogP contribution in [0, 0.1) is 0 Å². The monoisotopic (exact) mass is 594 g/mol. The first-order chi connectivity index (χ1) is 18.6. The van der Waals surface area contributed by atoms with Gasteiger partial charge in [-0.3, -0.25) is 9.59 Å². The normalized spacial score (nSPS) is 16.5. The molecule has 218 valence electrons. The Balaban J connectivity index is 1.76. The zero-order chi connectivity index (χ0) is 29.6. The van der Waals surface area contributed by atoms with E-state index >= 15 is 0 Å². The van der Waals surface area contributed by atoms with E-state index in [2.05, 4.69) is 4.72 Å². The number of sulfonamides is 1. The largest absolute Gasteiger partial charge is 0.459 e. The fourth-order valence-electron chi connectivity index (χ4n) is 3.99. The van der Waals surface area contributed by atoms with Gasteiger partial charge in [-0.05, 0) is 38.3 Å². The van der Waals surface area contributed by atoms with Gasteiger partial charge in [0.1, 0.15) is 30.0 Å². The third-order valence-corrected chi connectivity index (χ3v) is 8.67. The number of ether oxygens (including phenoxy) is 2. The van der Waals surface area contributed by atoms with Gasteiger partial charge in [-0.1, -0.05) is 60.7 Å². The first-order valence-corrected chi connectivity index (χ1v) is 16.1. The average molecular weight is 595 g/mol. The van der Waals surface area contributed by atoms with Crippen LogP contribution in [0.1, 0.15) is 38.3 Å². The summed E-state index contributed by atoms with van der Waals surface area (Å²) < 4.78 is 64.3. The van der Waals surface area contributed by atoms with Gasteiger partial charge in [0, 0.05) is 6.54 Å². The Morgan fingerprint density at radius 1 is 0.950 bits per heavy atom. The molecule has 0 aliphatic carbocycles. The zero-order valence-electron chi connectivity index (χ0n) is 22.6. The number of hydrogen-bond donors (Lipinski definition) is 1. The maximum Gasteiger partial charge on any atom is 0.329 e. The topological polar surface area (TPSA) is 153 Å². The molecule has 1 heterocycles. The van der Waals surface area contributed by atoms with Crippen LogP contribution in [-0.4, -0.2) is 75.3 Å². The van der Waals surface area contributed by atoms with E-state index in [-0.39, 0.29) is 19.6 Å². The molecule has 3 rings (SSSR count). The van der Waals surface area contributed by atoms with Crippen LogP contribution in [0.3, 0.4) is 0 Å². The second-order valence-corrected chi connectivity index (χ2v) is 14.3. The van der Waals surface area contributed by atoms with E-state index in [9.17, 15) is 31.2 Å². The number of sulfone groups is 1. The number of esters is 2. The van der Waals surface area contributed by atoms with Crippen LogP contribution >= 0.6 is 0 Å². The third kappa shape index (κ3) is 9.72. The molecule has 0 bridgehead atoms. The molecule has 1 amide bonds. The van der Waals surface area contributed by atoms with E-state index in [4.69, 9.17) is 9.47 Å². The maximum atomic E-state index is 13.4. The second kappa shape index (κ2) is 12.9. The van der Waals surface area contributed by atoms with E-state index in [0.717, 1.165) is 10.5 Å². The minimum atomic E-state index is -4.31. The predicted molar refractivity (Wildman–Crippen MR) is 147 cm³/mol. The van der Waals surface area contributed by atoms with Crippen molar-refractivity contribution in [1.29, 1.82) is 0 Å². The highest BCUT2D eigenvalue weighted by Gasteiger charge is 2.43. The van der Waals surface area contributed by atoms with Gasteiger partial charge in [-0.2, -0.15) is 0 Å². The molecule has 2 unspecified atom stereocenters. The molecule has 13 heteroatoms. The lowest BCUT2D eigenvalue weighted by Gasteiger charge is -2.40. The zero-order valence-corrected chi connectivity index (χ0v) is 24.2. The minimum Gasteiger partial charge on any atom is -0.459 e. The predicted octanol–water partition coefficient (Wildman–Crippen LogP) is 1.58. The molecule has 1 aliphatic heterocycles. The van der Waals surface area contributed by atoms with Gasteiger partial charge in [0.15, 0.2) is 9.84 Å². The van der Waals surface area contributed by atoms with Gasteiger partial charge in [-0.25, -0.2) is 26.4 Å². The molecule has 2 aromatic rings.